The molecular formula is C22H15ClN2O2. The number of nitrogens with zero attached hydrogens (tertiary/aromatic N) is 2. The first-order valence-corrected chi connectivity index (χ1v) is 9.07. The Bertz CT molecular complexity index is 1080. The molecule has 2 aliphatic heterocycles. The zero-order chi connectivity index (χ0) is 18.4. The highest BCUT2D eigenvalue weighted by Gasteiger charge is 2.56. The number of benzene rings is 3. The van der Waals surface area contributed by atoms with Crippen LogP contribution in [0.5, 0.6) is 0 Å². The minimum Gasteiger partial charge on any atom is -0.361 e. The average Bonchev–Trinajstić information content (AvgIpc) is 3.24. The Kier molecular flexibility index (Phi) is 3.55. The quantitative estimate of drug-likeness (QED) is 0.635. The Hall–Kier alpha value is -3.11. The average molecular weight is 375 g/mol. The predicted octanol–water partition coefficient (Wildman–Crippen LogP) is 4.98. The first-order chi connectivity index (χ1) is 13.2. The number of para-hydroxylation sites is 1. The number of halogens is 1. The third-order valence-electron chi connectivity index (χ3n) is 5.03. The van der Waals surface area contributed by atoms with Gasteiger partial charge in [0.05, 0.1) is 12.1 Å². The minimum atomic E-state index is -0.979. The lowest BCUT2D eigenvalue weighted by molar-refractivity contribution is -0.0164. The van der Waals surface area contributed by atoms with Crippen molar-refractivity contribution in [2.45, 2.75) is 12.1 Å². The summed E-state index contributed by atoms with van der Waals surface area (Å²) in [6.07, 6.45) is 0.449. The van der Waals surface area contributed by atoms with Gasteiger partial charge in [-0.2, -0.15) is 0 Å². The number of oxime groups is 1. The van der Waals surface area contributed by atoms with Crippen LogP contribution in [0.3, 0.4) is 0 Å². The fraction of sp³-hybridized carbons (Fsp3) is 0.0909. The molecule has 0 N–H and O–H groups in total. The van der Waals surface area contributed by atoms with Crippen molar-refractivity contribution in [3.63, 3.8) is 0 Å². The SMILES string of the molecule is O=C1c2ccccc2C2(CC(c3cccc(Cl)c3)=NO2)N1c1ccccc1. The second-order valence-electron chi connectivity index (χ2n) is 6.62. The van der Waals surface area contributed by atoms with Gasteiger partial charge in [0, 0.05) is 27.4 Å². The van der Waals surface area contributed by atoms with Crippen LogP contribution in [0.4, 0.5) is 5.69 Å². The lowest BCUT2D eigenvalue weighted by atomic mass is 9.94. The first kappa shape index (κ1) is 16.1. The van der Waals surface area contributed by atoms with E-state index in [0.29, 0.717) is 17.0 Å². The van der Waals surface area contributed by atoms with Crippen molar-refractivity contribution in [1.29, 1.82) is 0 Å². The summed E-state index contributed by atoms with van der Waals surface area (Å²) in [6.45, 7) is 0. The monoisotopic (exact) mass is 374 g/mol. The van der Waals surface area contributed by atoms with Crippen LogP contribution in [0.25, 0.3) is 0 Å². The molecule has 1 unspecified atom stereocenters. The summed E-state index contributed by atoms with van der Waals surface area (Å²) < 4.78 is 0. The molecule has 2 aliphatic rings. The summed E-state index contributed by atoms with van der Waals surface area (Å²) in [5.41, 5.74) is 2.93. The zero-order valence-corrected chi connectivity index (χ0v) is 15.1. The summed E-state index contributed by atoms with van der Waals surface area (Å²) in [7, 11) is 0. The van der Waals surface area contributed by atoms with Crippen LogP contribution in [0, 0.1) is 0 Å². The van der Waals surface area contributed by atoms with E-state index < -0.39 is 5.72 Å². The van der Waals surface area contributed by atoms with Crippen molar-refractivity contribution in [3.8, 4) is 0 Å². The molecule has 132 valence electrons. The van der Waals surface area contributed by atoms with Gasteiger partial charge in [-0.15, -0.1) is 0 Å². The maximum absolute atomic E-state index is 13.2. The molecule has 2 heterocycles. The van der Waals surface area contributed by atoms with Crippen LogP contribution in [0.1, 0.15) is 27.9 Å². The molecule has 0 radical (unpaired) electrons. The number of hydrogen-bond acceptors (Lipinski definition) is 3. The second-order valence-corrected chi connectivity index (χ2v) is 7.06. The number of fused-ring (bicyclic) bond motifs is 2. The smallest absolute Gasteiger partial charge is 0.262 e. The summed E-state index contributed by atoms with van der Waals surface area (Å²) in [4.78, 5) is 21.0. The Morgan fingerprint density at radius 1 is 0.963 bits per heavy atom. The van der Waals surface area contributed by atoms with E-state index in [-0.39, 0.29) is 5.91 Å². The molecule has 3 aromatic rings. The van der Waals surface area contributed by atoms with Gasteiger partial charge in [0.2, 0.25) is 5.72 Å². The lowest BCUT2D eigenvalue weighted by Crippen LogP contribution is -2.44. The number of anilines is 1. The molecule has 0 aliphatic carbocycles. The highest BCUT2D eigenvalue weighted by molar-refractivity contribution is 6.31. The summed E-state index contributed by atoms with van der Waals surface area (Å²) >= 11 is 6.14. The van der Waals surface area contributed by atoms with Crippen molar-refractivity contribution in [2.75, 3.05) is 4.90 Å². The molecule has 0 bridgehead atoms. The van der Waals surface area contributed by atoms with Gasteiger partial charge in [0.25, 0.3) is 5.91 Å². The largest absolute Gasteiger partial charge is 0.361 e. The fourth-order valence-corrected chi connectivity index (χ4v) is 4.02. The molecule has 0 saturated carbocycles. The Morgan fingerprint density at radius 2 is 1.74 bits per heavy atom. The van der Waals surface area contributed by atoms with Gasteiger partial charge in [0.1, 0.15) is 0 Å². The van der Waals surface area contributed by atoms with E-state index in [9.17, 15) is 4.79 Å². The molecule has 0 fully saturated rings. The van der Waals surface area contributed by atoms with Gasteiger partial charge in [-0.1, -0.05) is 65.3 Å². The molecule has 5 rings (SSSR count). The third kappa shape index (κ3) is 2.37. The van der Waals surface area contributed by atoms with Crippen LogP contribution in [-0.4, -0.2) is 11.6 Å². The van der Waals surface area contributed by atoms with E-state index in [0.717, 1.165) is 22.5 Å². The number of amides is 1. The molecule has 4 nitrogen and oxygen atoms in total. The topological polar surface area (TPSA) is 41.9 Å². The molecule has 3 aromatic carbocycles. The third-order valence-corrected chi connectivity index (χ3v) is 5.26. The maximum atomic E-state index is 13.2. The molecule has 27 heavy (non-hydrogen) atoms. The van der Waals surface area contributed by atoms with Gasteiger partial charge in [-0.3, -0.25) is 9.69 Å². The highest BCUT2D eigenvalue weighted by Crippen LogP contribution is 2.48. The van der Waals surface area contributed by atoms with Crippen molar-refractivity contribution in [2.24, 2.45) is 5.16 Å². The fourth-order valence-electron chi connectivity index (χ4n) is 3.83. The first-order valence-electron chi connectivity index (χ1n) is 8.69. The van der Waals surface area contributed by atoms with E-state index in [2.05, 4.69) is 5.16 Å². The van der Waals surface area contributed by atoms with E-state index in [4.69, 9.17) is 16.4 Å². The van der Waals surface area contributed by atoms with E-state index in [1.807, 2.05) is 78.9 Å². The van der Waals surface area contributed by atoms with Crippen LogP contribution >= 0.6 is 11.6 Å². The summed E-state index contributed by atoms with van der Waals surface area (Å²) in [5.74, 6) is -0.0839. The number of rotatable bonds is 2. The van der Waals surface area contributed by atoms with E-state index >= 15 is 0 Å². The molecular weight excluding hydrogens is 360 g/mol. The van der Waals surface area contributed by atoms with Crippen molar-refractivity contribution >= 4 is 28.9 Å². The normalized spacial score (nSPS) is 20.6. The van der Waals surface area contributed by atoms with Crippen molar-refractivity contribution in [1.82, 2.24) is 0 Å². The maximum Gasteiger partial charge on any atom is 0.262 e. The second kappa shape index (κ2) is 5.96. The Morgan fingerprint density at radius 3 is 2.56 bits per heavy atom. The van der Waals surface area contributed by atoms with Gasteiger partial charge in [-0.25, -0.2) is 0 Å². The number of carbonyl (C=O) groups excluding carboxylic acids is 1. The molecule has 5 heteroatoms. The van der Waals surface area contributed by atoms with Gasteiger partial charge < -0.3 is 4.84 Å². The number of hydrogen-bond donors (Lipinski definition) is 0. The number of carbonyl (C=O) groups is 1. The van der Waals surface area contributed by atoms with Crippen molar-refractivity contribution < 1.29 is 9.63 Å². The van der Waals surface area contributed by atoms with Crippen LogP contribution in [0.15, 0.2) is 84.0 Å². The molecule has 1 atom stereocenters. The predicted molar refractivity (Wildman–Crippen MR) is 105 cm³/mol. The Labute approximate surface area is 161 Å². The van der Waals surface area contributed by atoms with E-state index in [1.165, 1.54) is 0 Å². The van der Waals surface area contributed by atoms with Crippen molar-refractivity contribution in [3.05, 3.63) is 101 Å². The highest BCUT2D eigenvalue weighted by atomic mass is 35.5. The lowest BCUT2D eigenvalue weighted by Gasteiger charge is -2.33. The zero-order valence-electron chi connectivity index (χ0n) is 14.3. The molecule has 0 saturated heterocycles. The molecule has 1 amide bonds. The van der Waals surface area contributed by atoms with Crippen LogP contribution in [-0.2, 0) is 10.6 Å². The van der Waals surface area contributed by atoms with Crippen LogP contribution in [0.2, 0.25) is 5.02 Å². The van der Waals surface area contributed by atoms with Gasteiger partial charge in [-0.05, 0) is 30.3 Å². The summed E-state index contributed by atoms with van der Waals surface area (Å²) in [6, 6.07) is 24.6. The molecule has 1 spiro atoms. The van der Waals surface area contributed by atoms with Crippen LogP contribution < -0.4 is 4.90 Å². The van der Waals surface area contributed by atoms with Gasteiger partial charge in [0.15, 0.2) is 0 Å². The Balaban J connectivity index is 1.64. The van der Waals surface area contributed by atoms with Gasteiger partial charge >= 0.3 is 0 Å². The molecule has 0 aromatic heterocycles. The minimum absolute atomic E-state index is 0.0839. The standard InChI is InChI=1S/C22H15ClN2O2/c23-16-8-6-7-15(13-16)20-14-22(27-24-20)19-12-5-4-11-18(19)21(26)25(22)17-9-2-1-3-10-17/h1-13H,14H2. The summed E-state index contributed by atoms with van der Waals surface area (Å²) in [5, 5.41) is 4.99. The van der Waals surface area contributed by atoms with E-state index in [1.54, 1.807) is 4.90 Å².